The molecule has 0 aliphatic carbocycles. The maximum absolute atomic E-state index is 12.9. The van der Waals surface area contributed by atoms with Gasteiger partial charge >= 0.3 is 17.9 Å². The lowest BCUT2D eigenvalue weighted by atomic mass is 10.0. The monoisotopic (exact) mass is 1070 g/mol. The molecule has 0 aliphatic rings. The molecule has 0 heterocycles. The lowest BCUT2D eigenvalue weighted by Crippen LogP contribution is -2.30. The van der Waals surface area contributed by atoms with E-state index in [2.05, 4.69) is 142 Å². The van der Waals surface area contributed by atoms with Crippen molar-refractivity contribution in [3.05, 3.63) is 122 Å². The van der Waals surface area contributed by atoms with Gasteiger partial charge in [-0.2, -0.15) is 0 Å². The van der Waals surface area contributed by atoms with Crippen molar-refractivity contribution < 1.29 is 28.6 Å². The van der Waals surface area contributed by atoms with Crippen LogP contribution >= 0.6 is 0 Å². The van der Waals surface area contributed by atoms with Gasteiger partial charge in [0.2, 0.25) is 0 Å². The zero-order chi connectivity index (χ0) is 55.7. The summed E-state index contributed by atoms with van der Waals surface area (Å²) in [6.07, 6.45) is 89.2. The second-order valence-corrected chi connectivity index (χ2v) is 20.9. The molecular weight excluding hydrogens is 949 g/mol. The van der Waals surface area contributed by atoms with Crippen molar-refractivity contribution in [2.24, 2.45) is 0 Å². The summed E-state index contributed by atoms with van der Waals surface area (Å²) in [5.74, 6) is -0.927. The highest BCUT2D eigenvalue weighted by Gasteiger charge is 2.19. The van der Waals surface area contributed by atoms with Crippen LogP contribution in [-0.4, -0.2) is 37.2 Å². The summed E-state index contributed by atoms with van der Waals surface area (Å²) in [4.78, 5) is 38.3. The van der Waals surface area contributed by atoms with Gasteiger partial charge < -0.3 is 14.2 Å². The molecular formula is C71H118O6. The summed E-state index contributed by atoms with van der Waals surface area (Å²) in [5.41, 5.74) is 0. The van der Waals surface area contributed by atoms with Crippen molar-refractivity contribution in [1.29, 1.82) is 0 Å². The maximum Gasteiger partial charge on any atom is 0.306 e. The molecule has 77 heavy (non-hydrogen) atoms. The smallest absolute Gasteiger partial charge is 0.306 e. The van der Waals surface area contributed by atoms with E-state index in [1.54, 1.807) is 0 Å². The van der Waals surface area contributed by atoms with Crippen LogP contribution in [0.1, 0.15) is 290 Å². The summed E-state index contributed by atoms with van der Waals surface area (Å²) >= 11 is 0. The number of carbonyl (C=O) groups excluding carboxylic acids is 3. The topological polar surface area (TPSA) is 78.9 Å². The van der Waals surface area contributed by atoms with E-state index in [4.69, 9.17) is 14.2 Å². The molecule has 6 nitrogen and oxygen atoms in total. The summed E-state index contributed by atoms with van der Waals surface area (Å²) in [6, 6.07) is 0. The third kappa shape index (κ3) is 62.5. The second kappa shape index (κ2) is 64.3. The van der Waals surface area contributed by atoms with Crippen molar-refractivity contribution in [2.75, 3.05) is 13.2 Å². The van der Waals surface area contributed by atoms with Crippen LogP contribution in [0.4, 0.5) is 0 Å². The van der Waals surface area contributed by atoms with Gasteiger partial charge in [0, 0.05) is 19.3 Å². The van der Waals surface area contributed by atoms with E-state index in [0.29, 0.717) is 19.3 Å². The lowest BCUT2D eigenvalue weighted by Gasteiger charge is -2.18. The van der Waals surface area contributed by atoms with Gasteiger partial charge in [0.25, 0.3) is 0 Å². The number of esters is 3. The minimum absolute atomic E-state index is 0.0924. The number of unbranched alkanes of at least 4 members (excludes halogenated alkanes) is 26. The number of hydrogen-bond donors (Lipinski definition) is 0. The number of hydrogen-bond acceptors (Lipinski definition) is 6. The van der Waals surface area contributed by atoms with Crippen molar-refractivity contribution >= 4 is 17.9 Å². The highest BCUT2D eigenvalue weighted by molar-refractivity contribution is 5.71. The summed E-state index contributed by atoms with van der Waals surface area (Å²) in [6.45, 7) is 6.37. The SMILES string of the molecule is CC/C=C\C/C=C\C/C=C\C/C=C\C/C=C\CCCCCCCCCCCCCCCC(=O)OCC(COC(=O)CCCCC/C=C\C/C=C\C/C=C\CC)OC(=O)CCCCCCCCC/C=C\C/C=C\CCCCC. The van der Waals surface area contributed by atoms with E-state index < -0.39 is 6.10 Å². The summed E-state index contributed by atoms with van der Waals surface area (Å²) in [5, 5.41) is 0. The van der Waals surface area contributed by atoms with Crippen molar-refractivity contribution in [3.8, 4) is 0 Å². The van der Waals surface area contributed by atoms with Crippen LogP contribution in [0.15, 0.2) is 122 Å². The highest BCUT2D eigenvalue weighted by Crippen LogP contribution is 2.16. The van der Waals surface area contributed by atoms with Crippen LogP contribution in [-0.2, 0) is 28.6 Å². The van der Waals surface area contributed by atoms with Crippen molar-refractivity contribution in [2.45, 2.75) is 297 Å². The molecule has 1 atom stereocenters. The van der Waals surface area contributed by atoms with Crippen LogP contribution in [0.5, 0.6) is 0 Å². The summed E-state index contributed by atoms with van der Waals surface area (Å²) in [7, 11) is 0. The molecule has 6 heteroatoms. The Hall–Kier alpha value is -4.19. The largest absolute Gasteiger partial charge is 0.462 e. The molecule has 0 radical (unpaired) electrons. The Labute approximate surface area is 475 Å². The minimum Gasteiger partial charge on any atom is -0.462 e. The lowest BCUT2D eigenvalue weighted by molar-refractivity contribution is -0.167. The quantitative estimate of drug-likeness (QED) is 0.0261. The van der Waals surface area contributed by atoms with E-state index in [0.717, 1.165) is 128 Å². The zero-order valence-electron chi connectivity index (χ0n) is 50.2. The van der Waals surface area contributed by atoms with Gasteiger partial charge in [-0.05, 0) is 128 Å². The van der Waals surface area contributed by atoms with Gasteiger partial charge in [-0.25, -0.2) is 0 Å². The first-order valence-electron chi connectivity index (χ1n) is 32.0. The third-order valence-electron chi connectivity index (χ3n) is 13.4. The minimum atomic E-state index is -0.798. The summed E-state index contributed by atoms with van der Waals surface area (Å²) < 4.78 is 16.9. The Morgan fingerprint density at radius 3 is 0.805 bits per heavy atom. The zero-order valence-corrected chi connectivity index (χ0v) is 50.2. The van der Waals surface area contributed by atoms with Gasteiger partial charge in [0.05, 0.1) is 0 Å². The highest BCUT2D eigenvalue weighted by atomic mass is 16.6. The second-order valence-electron chi connectivity index (χ2n) is 20.9. The maximum atomic E-state index is 12.9. The Kier molecular flexibility index (Phi) is 60.8. The predicted molar refractivity (Wildman–Crippen MR) is 334 cm³/mol. The number of carbonyl (C=O) groups is 3. The van der Waals surface area contributed by atoms with Crippen LogP contribution in [0.25, 0.3) is 0 Å². The van der Waals surface area contributed by atoms with Crippen molar-refractivity contribution in [1.82, 2.24) is 0 Å². The van der Waals surface area contributed by atoms with Gasteiger partial charge in [-0.1, -0.05) is 264 Å². The third-order valence-corrected chi connectivity index (χ3v) is 13.4. The van der Waals surface area contributed by atoms with Crippen LogP contribution in [0.3, 0.4) is 0 Å². The van der Waals surface area contributed by atoms with Gasteiger partial charge in [0.1, 0.15) is 13.2 Å². The first-order valence-corrected chi connectivity index (χ1v) is 32.0. The van der Waals surface area contributed by atoms with E-state index in [1.807, 2.05) is 0 Å². The standard InChI is InChI=1S/C71H118O6/c1-4-7-10-13-16-19-22-25-27-29-30-31-32-33-34-35-36-37-38-39-40-42-43-46-49-52-55-58-61-64-70(73)76-67-68(66-75-69(72)63-60-57-54-51-48-45-24-21-18-15-12-9-6-3)77-71(74)65-62-59-56-53-50-47-44-41-28-26-23-20-17-14-11-8-5-2/h7,9-10,12,16-21,25-28,30-31,33-34,45,48,68H,4-6,8,11,13-15,22-24,29,32,35-44,46-47,49-67H2,1-3H3/b10-7-,12-9-,19-16-,20-17-,21-18-,27-25-,28-26-,31-30-,34-33-,48-45-. The van der Waals surface area contributed by atoms with Crippen LogP contribution < -0.4 is 0 Å². The molecule has 0 aromatic heterocycles. The molecule has 0 amide bonds. The fourth-order valence-corrected chi connectivity index (χ4v) is 8.69. The van der Waals surface area contributed by atoms with Crippen molar-refractivity contribution in [3.63, 3.8) is 0 Å². The van der Waals surface area contributed by atoms with E-state index in [9.17, 15) is 14.4 Å². The molecule has 0 spiro atoms. The van der Waals surface area contributed by atoms with E-state index in [1.165, 1.54) is 122 Å². The van der Waals surface area contributed by atoms with Gasteiger partial charge in [0.15, 0.2) is 6.10 Å². The Balaban J connectivity index is 4.29. The molecule has 0 fully saturated rings. The Bertz CT molecular complexity index is 1600. The fourth-order valence-electron chi connectivity index (χ4n) is 8.69. The number of allylic oxidation sites excluding steroid dienone is 20. The molecule has 0 rings (SSSR count). The average molecular weight is 1070 g/mol. The fraction of sp³-hybridized carbons (Fsp3) is 0.676. The molecule has 0 aromatic carbocycles. The normalized spacial score (nSPS) is 12.9. The van der Waals surface area contributed by atoms with E-state index in [-0.39, 0.29) is 31.1 Å². The number of ether oxygens (including phenoxy) is 3. The molecule has 0 aliphatic heterocycles. The first kappa shape index (κ1) is 72.8. The average Bonchev–Trinajstić information content (AvgIpc) is 3.43. The molecule has 0 saturated heterocycles. The van der Waals surface area contributed by atoms with Gasteiger partial charge in [-0.15, -0.1) is 0 Å². The molecule has 0 aromatic rings. The number of rotatable bonds is 57. The predicted octanol–water partition coefficient (Wildman–Crippen LogP) is 22.0. The molecule has 0 N–H and O–H groups in total. The van der Waals surface area contributed by atoms with Crippen LogP contribution in [0.2, 0.25) is 0 Å². The molecule has 0 bridgehead atoms. The Morgan fingerprint density at radius 1 is 0.273 bits per heavy atom. The van der Waals surface area contributed by atoms with Gasteiger partial charge in [-0.3, -0.25) is 14.4 Å². The molecule has 438 valence electrons. The molecule has 1 unspecified atom stereocenters. The molecule has 0 saturated carbocycles. The van der Waals surface area contributed by atoms with Crippen LogP contribution in [0, 0.1) is 0 Å². The Morgan fingerprint density at radius 2 is 0.506 bits per heavy atom. The van der Waals surface area contributed by atoms with E-state index >= 15 is 0 Å². The first-order chi connectivity index (χ1) is 38.0.